The predicted molar refractivity (Wildman–Crippen MR) is 74.9 cm³/mol. The molecule has 0 bridgehead atoms. The van der Waals surface area contributed by atoms with E-state index in [0.29, 0.717) is 16.6 Å². The van der Waals surface area contributed by atoms with E-state index >= 15 is 0 Å². The van der Waals surface area contributed by atoms with Crippen LogP contribution in [0.1, 0.15) is 36.4 Å². The Morgan fingerprint density at radius 1 is 1.61 bits per heavy atom. The van der Waals surface area contributed by atoms with Crippen molar-refractivity contribution in [1.82, 2.24) is 10.3 Å². The SMILES string of the molecule is CCCNc1nc(N)c(C(=O)NCC2CC2C)s1. The van der Waals surface area contributed by atoms with Gasteiger partial charge in [-0.05, 0) is 24.7 Å². The highest BCUT2D eigenvalue weighted by molar-refractivity contribution is 7.18. The highest BCUT2D eigenvalue weighted by atomic mass is 32.1. The van der Waals surface area contributed by atoms with Gasteiger partial charge in [0, 0.05) is 13.1 Å². The van der Waals surface area contributed by atoms with Crippen LogP contribution in [0.4, 0.5) is 10.9 Å². The summed E-state index contributed by atoms with van der Waals surface area (Å²) in [5.74, 6) is 1.60. The molecule has 1 fully saturated rings. The summed E-state index contributed by atoms with van der Waals surface area (Å²) in [4.78, 5) is 16.6. The van der Waals surface area contributed by atoms with E-state index < -0.39 is 0 Å². The summed E-state index contributed by atoms with van der Waals surface area (Å²) in [6, 6.07) is 0. The van der Waals surface area contributed by atoms with Gasteiger partial charge in [-0.3, -0.25) is 4.79 Å². The lowest BCUT2D eigenvalue weighted by Crippen LogP contribution is -2.25. The van der Waals surface area contributed by atoms with E-state index in [1.165, 1.54) is 17.8 Å². The second-order valence-electron chi connectivity index (χ2n) is 4.84. The number of hydrogen-bond donors (Lipinski definition) is 3. The number of nitrogens with one attached hydrogen (secondary N) is 2. The van der Waals surface area contributed by atoms with Crippen LogP contribution in [0.2, 0.25) is 0 Å². The monoisotopic (exact) mass is 268 g/mol. The maximum atomic E-state index is 11.9. The number of nitrogens with two attached hydrogens (primary N) is 1. The summed E-state index contributed by atoms with van der Waals surface area (Å²) in [5, 5.41) is 6.79. The van der Waals surface area contributed by atoms with Crippen LogP contribution in [0.15, 0.2) is 0 Å². The number of aromatic nitrogens is 1. The number of thiazole rings is 1. The van der Waals surface area contributed by atoms with E-state index in [1.807, 2.05) is 0 Å². The van der Waals surface area contributed by atoms with E-state index in [9.17, 15) is 4.79 Å². The molecule has 2 atom stereocenters. The minimum absolute atomic E-state index is 0.103. The van der Waals surface area contributed by atoms with Gasteiger partial charge in [-0.1, -0.05) is 25.2 Å². The molecule has 0 aromatic carbocycles. The zero-order valence-electron chi connectivity index (χ0n) is 10.8. The highest BCUT2D eigenvalue weighted by Gasteiger charge is 2.32. The van der Waals surface area contributed by atoms with Crippen LogP contribution in [-0.2, 0) is 0 Å². The van der Waals surface area contributed by atoms with Crippen LogP contribution in [-0.4, -0.2) is 24.0 Å². The minimum Gasteiger partial charge on any atom is -0.382 e. The highest BCUT2D eigenvalue weighted by Crippen LogP contribution is 2.37. The lowest BCUT2D eigenvalue weighted by atomic mass is 10.3. The number of nitrogens with zero attached hydrogens (tertiary/aromatic N) is 1. The molecular formula is C12H20N4OS. The summed E-state index contributed by atoms with van der Waals surface area (Å²) in [5.41, 5.74) is 5.76. The van der Waals surface area contributed by atoms with Gasteiger partial charge in [-0.2, -0.15) is 0 Å². The van der Waals surface area contributed by atoms with Crippen molar-refractivity contribution in [2.24, 2.45) is 11.8 Å². The number of amides is 1. The fourth-order valence-corrected chi connectivity index (χ4v) is 2.62. The van der Waals surface area contributed by atoms with Gasteiger partial charge in [-0.25, -0.2) is 4.98 Å². The molecule has 1 heterocycles. The van der Waals surface area contributed by atoms with Crippen molar-refractivity contribution in [1.29, 1.82) is 0 Å². The van der Waals surface area contributed by atoms with Crippen molar-refractivity contribution in [3.63, 3.8) is 0 Å². The van der Waals surface area contributed by atoms with Gasteiger partial charge in [0.05, 0.1) is 0 Å². The van der Waals surface area contributed by atoms with Crippen molar-refractivity contribution in [3.05, 3.63) is 4.88 Å². The Labute approximate surface area is 111 Å². The second-order valence-corrected chi connectivity index (χ2v) is 5.84. The third kappa shape index (κ3) is 3.13. The first-order chi connectivity index (χ1) is 8.61. The van der Waals surface area contributed by atoms with Crippen LogP contribution in [0.3, 0.4) is 0 Å². The van der Waals surface area contributed by atoms with Crippen molar-refractivity contribution < 1.29 is 4.79 Å². The number of carbonyl (C=O) groups excluding carboxylic acids is 1. The zero-order valence-corrected chi connectivity index (χ0v) is 11.6. The van der Waals surface area contributed by atoms with E-state index in [-0.39, 0.29) is 5.91 Å². The van der Waals surface area contributed by atoms with E-state index in [4.69, 9.17) is 5.73 Å². The first-order valence-electron chi connectivity index (χ1n) is 6.40. The average Bonchev–Trinajstić information content (AvgIpc) is 2.92. The lowest BCUT2D eigenvalue weighted by Gasteiger charge is -2.02. The quantitative estimate of drug-likeness (QED) is 0.736. The Kier molecular flexibility index (Phi) is 4.06. The molecule has 1 aliphatic carbocycles. The van der Waals surface area contributed by atoms with Gasteiger partial charge in [0.15, 0.2) is 5.13 Å². The Bertz CT molecular complexity index is 432. The summed E-state index contributed by atoms with van der Waals surface area (Å²) in [7, 11) is 0. The second kappa shape index (κ2) is 5.56. The first-order valence-corrected chi connectivity index (χ1v) is 7.21. The van der Waals surface area contributed by atoms with E-state index in [2.05, 4.69) is 29.5 Å². The van der Waals surface area contributed by atoms with Gasteiger partial charge >= 0.3 is 0 Å². The maximum absolute atomic E-state index is 11.9. The van der Waals surface area contributed by atoms with Crippen molar-refractivity contribution in [2.75, 3.05) is 24.1 Å². The molecule has 6 heteroatoms. The fraction of sp³-hybridized carbons (Fsp3) is 0.667. The Balaban J connectivity index is 1.90. The Hall–Kier alpha value is -1.30. The molecule has 0 saturated heterocycles. The predicted octanol–water partition coefficient (Wildman–Crippen LogP) is 1.93. The third-order valence-corrected chi connectivity index (χ3v) is 4.21. The molecule has 1 aromatic heterocycles. The molecule has 1 aromatic rings. The number of carbonyl (C=O) groups is 1. The number of anilines is 2. The molecule has 1 amide bonds. The van der Waals surface area contributed by atoms with Crippen molar-refractivity contribution in [2.45, 2.75) is 26.7 Å². The largest absolute Gasteiger partial charge is 0.382 e. The van der Waals surface area contributed by atoms with Gasteiger partial charge in [0.25, 0.3) is 5.91 Å². The van der Waals surface area contributed by atoms with Gasteiger partial charge in [-0.15, -0.1) is 0 Å². The molecule has 1 saturated carbocycles. The van der Waals surface area contributed by atoms with E-state index in [0.717, 1.165) is 30.6 Å². The topological polar surface area (TPSA) is 80.0 Å². The van der Waals surface area contributed by atoms with Gasteiger partial charge < -0.3 is 16.4 Å². The molecule has 5 nitrogen and oxygen atoms in total. The fourth-order valence-electron chi connectivity index (χ4n) is 1.79. The number of nitrogen functional groups attached to an aromatic ring is 1. The molecule has 0 radical (unpaired) electrons. The van der Waals surface area contributed by atoms with Crippen LogP contribution < -0.4 is 16.4 Å². The average molecular weight is 268 g/mol. The summed E-state index contributed by atoms with van der Waals surface area (Å²) in [6.07, 6.45) is 2.22. The summed E-state index contributed by atoms with van der Waals surface area (Å²) in [6.45, 7) is 5.86. The molecule has 100 valence electrons. The Morgan fingerprint density at radius 3 is 2.94 bits per heavy atom. The van der Waals surface area contributed by atoms with Crippen molar-refractivity contribution >= 4 is 28.2 Å². The summed E-state index contributed by atoms with van der Waals surface area (Å²) >= 11 is 1.32. The van der Waals surface area contributed by atoms with Crippen molar-refractivity contribution in [3.8, 4) is 0 Å². The molecule has 1 aliphatic rings. The van der Waals surface area contributed by atoms with Crippen LogP contribution in [0, 0.1) is 11.8 Å². The third-order valence-electron chi connectivity index (χ3n) is 3.19. The molecule has 4 N–H and O–H groups in total. The molecule has 0 spiro atoms. The molecular weight excluding hydrogens is 248 g/mol. The smallest absolute Gasteiger partial charge is 0.265 e. The number of rotatable bonds is 6. The zero-order chi connectivity index (χ0) is 13.1. The number of hydrogen-bond acceptors (Lipinski definition) is 5. The van der Waals surface area contributed by atoms with Crippen LogP contribution in [0.5, 0.6) is 0 Å². The maximum Gasteiger partial charge on any atom is 0.265 e. The van der Waals surface area contributed by atoms with Gasteiger partial charge in [0.1, 0.15) is 10.7 Å². The molecule has 2 unspecified atom stereocenters. The molecule has 0 aliphatic heterocycles. The minimum atomic E-state index is -0.103. The standard InChI is InChI=1S/C12H20N4OS/c1-3-4-14-12-16-10(13)9(18-12)11(17)15-6-8-5-7(8)2/h7-8H,3-6,13H2,1-2H3,(H,14,16)(H,15,17). The van der Waals surface area contributed by atoms with Crippen LogP contribution in [0.25, 0.3) is 0 Å². The molecule has 18 heavy (non-hydrogen) atoms. The van der Waals surface area contributed by atoms with Crippen LogP contribution >= 0.6 is 11.3 Å². The summed E-state index contributed by atoms with van der Waals surface area (Å²) < 4.78 is 0. The van der Waals surface area contributed by atoms with Gasteiger partial charge in [0.2, 0.25) is 0 Å². The van der Waals surface area contributed by atoms with E-state index in [1.54, 1.807) is 0 Å². The lowest BCUT2D eigenvalue weighted by molar-refractivity contribution is 0.0956. The first kappa shape index (κ1) is 13.1. The molecule has 2 rings (SSSR count). The Morgan fingerprint density at radius 2 is 2.33 bits per heavy atom. The normalized spacial score (nSPS) is 21.7.